The Balaban J connectivity index is 2.14. The fraction of sp³-hybridized carbons (Fsp3) is 0.429. The second kappa shape index (κ2) is 7.30. The molecule has 2 rings (SSSR count). The molecule has 8 heteroatoms. The van der Waals surface area contributed by atoms with Crippen molar-refractivity contribution >= 4 is 45.0 Å². The average molecular weight is 391 g/mol. The van der Waals surface area contributed by atoms with E-state index >= 15 is 0 Å². The molecule has 1 aromatic carbocycles. The monoisotopic (exact) mass is 389 g/mol. The summed E-state index contributed by atoms with van der Waals surface area (Å²) in [6, 6.07) is 2.98. The molecule has 1 saturated heterocycles. The first-order valence-corrected chi connectivity index (χ1v) is 8.09. The lowest BCUT2D eigenvalue weighted by molar-refractivity contribution is -0.143. The number of carbonyl (C=O) groups excluding carboxylic acids is 2. The lowest BCUT2D eigenvalue weighted by Crippen LogP contribution is -2.47. The highest BCUT2D eigenvalue weighted by Crippen LogP contribution is 2.35. The lowest BCUT2D eigenvalue weighted by atomic mass is 9.96. The molecule has 6 nitrogen and oxygen atoms in total. The Bertz CT molecular complexity index is 572. The van der Waals surface area contributed by atoms with Crippen LogP contribution in [0.4, 0.5) is 5.69 Å². The fourth-order valence-corrected chi connectivity index (χ4v) is 3.29. The molecule has 1 fully saturated rings. The van der Waals surface area contributed by atoms with E-state index in [9.17, 15) is 14.7 Å². The summed E-state index contributed by atoms with van der Waals surface area (Å²) >= 11 is 9.21. The molecule has 0 radical (unpaired) electrons. The summed E-state index contributed by atoms with van der Waals surface area (Å²) in [5.41, 5.74) is 5.58. The van der Waals surface area contributed by atoms with E-state index in [1.165, 1.54) is 6.07 Å². The minimum absolute atomic E-state index is 0.110. The van der Waals surface area contributed by atoms with E-state index in [-0.39, 0.29) is 22.4 Å². The van der Waals surface area contributed by atoms with Crippen molar-refractivity contribution in [2.24, 2.45) is 11.7 Å². The molecule has 22 heavy (non-hydrogen) atoms. The smallest absolute Gasteiger partial charge is 0.237 e. The number of piperidine rings is 1. The molecule has 1 aliphatic rings. The highest BCUT2D eigenvalue weighted by Gasteiger charge is 2.34. The maximum atomic E-state index is 12.3. The van der Waals surface area contributed by atoms with Crippen LogP contribution in [0.15, 0.2) is 16.6 Å². The number of phenolic OH excluding ortho intramolecular Hbond substituents is 1. The van der Waals surface area contributed by atoms with Gasteiger partial charge in [0.05, 0.1) is 5.02 Å². The number of halogens is 2. The number of rotatable bonds is 4. The fourth-order valence-electron chi connectivity index (χ4n) is 2.46. The van der Waals surface area contributed by atoms with Gasteiger partial charge in [0.15, 0.2) is 0 Å². The maximum Gasteiger partial charge on any atom is 0.237 e. The number of likely N-dealkylation sites (tertiary alicyclic amines) is 1. The number of nitrogens with two attached hydrogens (primary N) is 1. The van der Waals surface area contributed by atoms with Gasteiger partial charge in [-0.3, -0.25) is 9.59 Å². The summed E-state index contributed by atoms with van der Waals surface area (Å²) in [6.45, 7) is 1.41. The van der Waals surface area contributed by atoms with E-state index in [0.29, 0.717) is 30.5 Å². The van der Waals surface area contributed by atoms with Gasteiger partial charge >= 0.3 is 0 Å². The Morgan fingerprint density at radius 1 is 1.55 bits per heavy atom. The van der Waals surface area contributed by atoms with E-state index in [1.807, 2.05) is 0 Å². The van der Waals surface area contributed by atoms with Gasteiger partial charge < -0.3 is 21.1 Å². The Morgan fingerprint density at radius 3 is 2.91 bits per heavy atom. The van der Waals surface area contributed by atoms with Gasteiger partial charge in [0.1, 0.15) is 17.4 Å². The van der Waals surface area contributed by atoms with Crippen molar-refractivity contribution in [1.29, 1.82) is 0 Å². The number of amides is 2. The molecule has 0 bridgehead atoms. The maximum absolute atomic E-state index is 12.3. The third-order valence-electron chi connectivity index (χ3n) is 3.53. The molecular formula is C14H17BrClN3O3. The standard InChI is InChI=1S/C14H17BrClN3O3/c15-8-6-10(16)12(11(20)7-8)18-13(21)9-2-1-4-19(5-3-17)14(9)22/h6-7,9,20H,1-5,17H2,(H,18,21). The van der Waals surface area contributed by atoms with Gasteiger partial charge in [0.25, 0.3) is 0 Å². The molecule has 2 amide bonds. The molecule has 120 valence electrons. The molecule has 1 atom stereocenters. The van der Waals surface area contributed by atoms with Gasteiger partial charge in [0, 0.05) is 24.1 Å². The normalized spacial score (nSPS) is 18.4. The van der Waals surface area contributed by atoms with Crippen LogP contribution in [-0.4, -0.2) is 41.5 Å². The predicted molar refractivity (Wildman–Crippen MR) is 87.8 cm³/mol. The second-order valence-electron chi connectivity index (χ2n) is 5.08. The number of phenols is 1. The first-order chi connectivity index (χ1) is 10.4. The topological polar surface area (TPSA) is 95.7 Å². The molecule has 0 spiro atoms. The molecule has 0 aliphatic carbocycles. The van der Waals surface area contributed by atoms with E-state index < -0.39 is 11.8 Å². The third kappa shape index (κ3) is 3.71. The van der Waals surface area contributed by atoms with Crippen LogP contribution in [0.2, 0.25) is 5.02 Å². The Labute approximate surface area is 141 Å². The van der Waals surface area contributed by atoms with Gasteiger partial charge in [-0.05, 0) is 25.0 Å². The lowest BCUT2D eigenvalue weighted by Gasteiger charge is -2.31. The molecule has 1 aliphatic heterocycles. The molecule has 1 aromatic rings. The first kappa shape index (κ1) is 17.1. The third-order valence-corrected chi connectivity index (χ3v) is 4.28. The Morgan fingerprint density at radius 2 is 2.27 bits per heavy atom. The van der Waals surface area contributed by atoms with Gasteiger partial charge in [-0.15, -0.1) is 0 Å². The molecular weight excluding hydrogens is 374 g/mol. The quantitative estimate of drug-likeness (QED) is 0.541. The van der Waals surface area contributed by atoms with Crippen molar-refractivity contribution in [3.05, 3.63) is 21.6 Å². The van der Waals surface area contributed by atoms with Gasteiger partial charge in [0.2, 0.25) is 11.8 Å². The van der Waals surface area contributed by atoms with Crippen molar-refractivity contribution in [2.75, 3.05) is 25.0 Å². The Kier molecular flexibility index (Phi) is 5.66. The van der Waals surface area contributed by atoms with Gasteiger partial charge in [-0.25, -0.2) is 0 Å². The van der Waals surface area contributed by atoms with Crippen molar-refractivity contribution in [3.8, 4) is 5.75 Å². The van der Waals surface area contributed by atoms with Crippen molar-refractivity contribution in [3.63, 3.8) is 0 Å². The van der Waals surface area contributed by atoms with Crippen molar-refractivity contribution < 1.29 is 14.7 Å². The number of anilines is 1. The molecule has 4 N–H and O–H groups in total. The summed E-state index contributed by atoms with van der Waals surface area (Å²) < 4.78 is 0.593. The molecule has 0 aromatic heterocycles. The average Bonchev–Trinajstić information content (AvgIpc) is 2.45. The highest BCUT2D eigenvalue weighted by atomic mass is 79.9. The number of nitrogens with one attached hydrogen (secondary N) is 1. The van der Waals surface area contributed by atoms with E-state index in [2.05, 4.69) is 21.2 Å². The first-order valence-electron chi connectivity index (χ1n) is 6.91. The largest absolute Gasteiger partial charge is 0.506 e. The number of nitrogens with zero attached hydrogens (tertiary/aromatic N) is 1. The Hall–Kier alpha value is -1.31. The van der Waals surface area contributed by atoms with Crippen LogP contribution in [0.5, 0.6) is 5.75 Å². The number of benzene rings is 1. The summed E-state index contributed by atoms with van der Waals surface area (Å²) in [5, 5.41) is 12.6. The van der Waals surface area contributed by atoms with Crippen LogP contribution < -0.4 is 11.1 Å². The van der Waals surface area contributed by atoms with Crippen LogP contribution in [-0.2, 0) is 9.59 Å². The van der Waals surface area contributed by atoms with Gasteiger partial charge in [-0.1, -0.05) is 27.5 Å². The zero-order valence-electron chi connectivity index (χ0n) is 11.8. The zero-order chi connectivity index (χ0) is 16.3. The number of carbonyl (C=O) groups is 2. The summed E-state index contributed by atoms with van der Waals surface area (Å²) in [5.74, 6) is -1.64. The molecule has 0 saturated carbocycles. The minimum atomic E-state index is -0.778. The SMILES string of the molecule is NCCN1CCCC(C(=O)Nc2c(O)cc(Br)cc2Cl)C1=O. The second-order valence-corrected chi connectivity index (χ2v) is 6.40. The predicted octanol–water partition coefficient (Wildman–Crippen LogP) is 1.94. The molecule has 1 heterocycles. The van der Waals surface area contributed by atoms with Gasteiger partial charge in [-0.2, -0.15) is 0 Å². The van der Waals surface area contributed by atoms with Crippen LogP contribution in [0.3, 0.4) is 0 Å². The molecule has 1 unspecified atom stereocenters. The zero-order valence-corrected chi connectivity index (χ0v) is 14.2. The summed E-state index contributed by atoms with van der Waals surface area (Å²) in [4.78, 5) is 26.2. The number of aromatic hydroxyl groups is 1. The van der Waals surface area contributed by atoms with Crippen molar-refractivity contribution in [2.45, 2.75) is 12.8 Å². The summed E-state index contributed by atoms with van der Waals surface area (Å²) in [6.07, 6.45) is 1.21. The number of hydrogen-bond acceptors (Lipinski definition) is 4. The minimum Gasteiger partial charge on any atom is -0.506 e. The summed E-state index contributed by atoms with van der Waals surface area (Å²) in [7, 11) is 0. The van der Waals surface area contributed by atoms with E-state index in [0.717, 1.165) is 6.42 Å². The van der Waals surface area contributed by atoms with Crippen molar-refractivity contribution in [1.82, 2.24) is 4.90 Å². The number of hydrogen-bond donors (Lipinski definition) is 3. The highest BCUT2D eigenvalue weighted by molar-refractivity contribution is 9.10. The van der Waals surface area contributed by atoms with E-state index in [4.69, 9.17) is 17.3 Å². The van der Waals surface area contributed by atoms with Crippen LogP contribution in [0.1, 0.15) is 12.8 Å². The van der Waals surface area contributed by atoms with Crippen LogP contribution in [0, 0.1) is 5.92 Å². The van der Waals surface area contributed by atoms with E-state index in [1.54, 1.807) is 11.0 Å². The van der Waals surface area contributed by atoms with Crippen LogP contribution in [0.25, 0.3) is 0 Å². The van der Waals surface area contributed by atoms with Crippen LogP contribution >= 0.6 is 27.5 Å².